The highest BCUT2D eigenvalue weighted by molar-refractivity contribution is 7.13. The normalized spacial score (nSPS) is 16.0. The van der Waals surface area contributed by atoms with Crippen molar-refractivity contribution in [3.05, 3.63) is 82.8 Å². The second-order valence-corrected chi connectivity index (χ2v) is 19.3. The average molecular weight is 1010 g/mol. The van der Waals surface area contributed by atoms with E-state index in [-0.39, 0.29) is 88.3 Å². The number of aliphatic carboxylic acids is 1. The summed E-state index contributed by atoms with van der Waals surface area (Å²) < 4.78 is 11.1. The van der Waals surface area contributed by atoms with Gasteiger partial charge in [0.2, 0.25) is 23.7 Å². The SMILES string of the molecule is Cc1ncsc1-c1ccc(CNC(=O)C2C[C@@H](O)CN2C(=O)C(NC(O)COCCOCCNC(=O)CC[C@H](NC(=O)c2ccc(N(C)Cc3cnc4nc(N)nc(N)c4n3)cc2)C(=O)O)C(C)(C)C)cc1. The molecule has 0 aliphatic carbocycles. The molecule has 2 aromatic carbocycles. The number of aliphatic hydroxyl groups is 2. The second-order valence-electron chi connectivity index (χ2n) is 18.4. The molecule has 0 spiro atoms. The summed E-state index contributed by atoms with van der Waals surface area (Å²) in [6.45, 7) is 8.21. The number of carboxylic acids is 1. The molecule has 1 fully saturated rings. The van der Waals surface area contributed by atoms with Crippen LogP contribution in [0.25, 0.3) is 21.6 Å². The number of β-amino-alcohol motifs (C(OH)–C–C–N with tert-alkyl or cyclic N) is 1. The number of carbonyl (C=O) groups is 5. The van der Waals surface area contributed by atoms with Crippen LogP contribution in [0.2, 0.25) is 0 Å². The fourth-order valence-electron chi connectivity index (χ4n) is 7.86. The number of aliphatic hydroxyl groups excluding tert-OH is 2. The van der Waals surface area contributed by atoms with E-state index in [0.717, 1.165) is 27.4 Å². The highest BCUT2D eigenvalue weighted by atomic mass is 32.1. The molecule has 4 heterocycles. The number of nitrogens with two attached hydrogens (primary N) is 2. The number of aromatic nitrogens is 5. The summed E-state index contributed by atoms with van der Waals surface area (Å²) >= 11 is 1.56. The molecule has 23 nitrogen and oxygen atoms in total. The molecule has 5 aromatic rings. The summed E-state index contributed by atoms with van der Waals surface area (Å²) in [6.07, 6.45) is -0.858. The van der Waals surface area contributed by atoms with Gasteiger partial charge in [0.25, 0.3) is 5.91 Å². The number of fused-ring (bicyclic) bond motifs is 1. The van der Waals surface area contributed by atoms with E-state index in [1.54, 1.807) is 47.3 Å². The minimum atomic E-state index is -1.32. The first-order valence-electron chi connectivity index (χ1n) is 23.3. The lowest BCUT2D eigenvalue weighted by molar-refractivity contribution is -0.143. The number of nitrogens with zero attached hydrogens (tertiary/aromatic N) is 7. The number of nitrogen functional groups attached to an aromatic ring is 2. The first kappa shape index (κ1) is 54.4. The van der Waals surface area contributed by atoms with Crippen LogP contribution in [0.5, 0.6) is 0 Å². The summed E-state index contributed by atoms with van der Waals surface area (Å²) in [6, 6.07) is 11.1. The van der Waals surface area contributed by atoms with Crippen LogP contribution in [-0.4, -0.2) is 152 Å². The maximum atomic E-state index is 14.0. The molecule has 0 bridgehead atoms. The Labute approximate surface area is 420 Å². The van der Waals surface area contributed by atoms with E-state index in [2.05, 4.69) is 46.2 Å². The van der Waals surface area contributed by atoms with Gasteiger partial charge in [0.1, 0.15) is 18.3 Å². The number of nitrogens with one attached hydrogen (secondary N) is 4. The number of carbonyl (C=O) groups excluding carboxylic acids is 4. The Morgan fingerprint density at radius 3 is 2.36 bits per heavy atom. The maximum absolute atomic E-state index is 14.0. The molecule has 11 N–H and O–H groups in total. The zero-order valence-corrected chi connectivity index (χ0v) is 41.6. The van der Waals surface area contributed by atoms with Crippen molar-refractivity contribution in [1.29, 1.82) is 0 Å². The minimum absolute atomic E-state index is 0.00402. The summed E-state index contributed by atoms with van der Waals surface area (Å²) in [5.41, 5.74) is 17.7. The molecule has 0 saturated carbocycles. The van der Waals surface area contributed by atoms with E-state index in [0.29, 0.717) is 17.8 Å². The van der Waals surface area contributed by atoms with Gasteiger partial charge >= 0.3 is 5.97 Å². The molecule has 72 heavy (non-hydrogen) atoms. The molecule has 386 valence electrons. The van der Waals surface area contributed by atoms with Gasteiger partial charge in [-0.25, -0.2) is 19.7 Å². The third kappa shape index (κ3) is 15.0. The minimum Gasteiger partial charge on any atom is -0.480 e. The summed E-state index contributed by atoms with van der Waals surface area (Å²) in [5, 5.41) is 42.1. The van der Waals surface area contributed by atoms with E-state index < -0.39 is 65.5 Å². The van der Waals surface area contributed by atoms with Crippen LogP contribution in [0.4, 0.5) is 17.5 Å². The van der Waals surface area contributed by atoms with Gasteiger partial charge in [-0.05, 0) is 54.2 Å². The number of hydrogen-bond donors (Lipinski definition) is 9. The van der Waals surface area contributed by atoms with Crippen LogP contribution in [0.15, 0.2) is 60.2 Å². The second kappa shape index (κ2) is 24.9. The molecule has 1 saturated heterocycles. The van der Waals surface area contributed by atoms with Gasteiger partial charge in [-0.15, -0.1) is 11.3 Å². The standard InChI is InChI=1S/C48H63N13O10S/c1-27-39(72-26-54-27)29-8-6-28(7-9-29)21-53-44(66)35-20-33(62)24-61(35)45(67)40(48(2,3)4)57-37(64)25-71-19-18-70-17-16-51-36(63)15-14-34(46(68)69)56-43(65)30-10-12-32(13-11-30)60(5)23-31-22-52-42-38(55-31)41(49)58-47(50)59-42/h6-13,22,26,33-35,37,40,57,62,64H,14-21,23-25H2,1-5H3,(H,51,63)(H,53,66)(H,56,65)(H,68,69)(H4,49,50,52,58,59)/t33-,34+,35?,37?,40?/m1/s1. The molecular weight excluding hydrogens is 951 g/mol. The highest BCUT2D eigenvalue weighted by Crippen LogP contribution is 2.29. The van der Waals surface area contributed by atoms with Gasteiger partial charge in [0, 0.05) is 50.8 Å². The van der Waals surface area contributed by atoms with Gasteiger partial charge in [-0.2, -0.15) is 9.97 Å². The first-order chi connectivity index (χ1) is 34.3. The van der Waals surface area contributed by atoms with Gasteiger partial charge < -0.3 is 62.0 Å². The highest BCUT2D eigenvalue weighted by Gasteiger charge is 2.44. The Kier molecular flexibility index (Phi) is 18.8. The number of amides is 4. The van der Waals surface area contributed by atoms with E-state index >= 15 is 0 Å². The van der Waals surface area contributed by atoms with Gasteiger partial charge in [-0.3, -0.25) is 24.5 Å². The van der Waals surface area contributed by atoms with E-state index in [4.69, 9.17) is 20.9 Å². The van der Waals surface area contributed by atoms with Crippen molar-refractivity contribution in [2.24, 2.45) is 5.41 Å². The lowest BCUT2D eigenvalue weighted by atomic mass is 9.85. The average Bonchev–Trinajstić information content (AvgIpc) is 3.96. The fourth-order valence-corrected chi connectivity index (χ4v) is 8.68. The Morgan fingerprint density at radius 1 is 0.958 bits per heavy atom. The van der Waals surface area contributed by atoms with Crippen LogP contribution >= 0.6 is 11.3 Å². The Bertz CT molecular complexity index is 2670. The van der Waals surface area contributed by atoms with Crippen LogP contribution in [0, 0.1) is 12.3 Å². The Morgan fingerprint density at radius 2 is 1.68 bits per heavy atom. The van der Waals surface area contributed by atoms with E-state index in [9.17, 15) is 39.3 Å². The summed E-state index contributed by atoms with van der Waals surface area (Å²) in [4.78, 5) is 90.2. The van der Waals surface area contributed by atoms with Crippen LogP contribution < -0.4 is 37.6 Å². The quantitative estimate of drug-likeness (QED) is 0.0311. The lowest BCUT2D eigenvalue weighted by Crippen LogP contribution is -2.59. The number of aryl methyl sites for hydroxylation is 1. The topological polar surface area (TPSA) is 336 Å². The smallest absolute Gasteiger partial charge is 0.326 e. The van der Waals surface area contributed by atoms with Gasteiger partial charge in [0.15, 0.2) is 17.0 Å². The van der Waals surface area contributed by atoms with Crippen molar-refractivity contribution in [3.63, 3.8) is 0 Å². The third-order valence-corrected chi connectivity index (χ3v) is 12.7. The van der Waals surface area contributed by atoms with Crippen molar-refractivity contribution >= 4 is 69.6 Å². The molecule has 0 radical (unpaired) electrons. The number of hydrogen-bond acceptors (Lipinski definition) is 19. The van der Waals surface area contributed by atoms with Crippen molar-refractivity contribution in [2.75, 3.05) is 62.9 Å². The molecule has 24 heteroatoms. The van der Waals surface area contributed by atoms with Crippen LogP contribution in [0.3, 0.4) is 0 Å². The Balaban J connectivity index is 0.852. The number of likely N-dealkylation sites (tertiary alicyclic amines) is 1. The number of carboxylic acid groups (broad SMARTS) is 1. The predicted octanol–water partition coefficient (Wildman–Crippen LogP) is 1.37. The van der Waals surface area contributed by atoms with Crippen molar-refractivity contribution in [2.45, 2.75) is 90.5 Å². The fraction of sp³-hybridized carbons (Fsp3) is 0.458. The largest absolute Gasteiger partial charge is 0.480 e. The number of thiazole rings is 1. The molecule has 3 unspecified atom stereocenters. The zero-order valence-electron chi connectivity index (χ0n) is 40.8. The van der Waals surface area contributed by atoms with Crippen molar-refractivity contribution in [1.82, 2.24) is 51.1 Å². The number of anilines is 3. The maximum Gasteiger partial charge on any atom is 0.326 e. The molecule has 6 rings (SSSR count). The first-order valence-corrected chi connectivity index (χ1v) is 24.2. The third-order valence-electron chi connectivity index (χ3n) is 11.7. The summed E-state index contributed by atoms with van der Waals surface area (Å²) in [7, 11) is 1.82. The summed E-state index contributed by atoms with van der Waals surface area (Å²) in [5.74, 6) is -3.07. The molecular formula is C48H63N13O10S. The van der Waals surface area contributed by atoms with Crippen molar-refractivity contribution in [3.8, 4) is 10.4 Å². The lowest BCUT2D eigenvalue weighted by Gasteiger charge is -2.36. The van der Waals surface area contributed by atoms with Crippen molar-refractivity contribution < 1.29 is 48.8 Å². The van der Waals surface area contributed by atoms with Gasteiger partial charge in [-0.1, -0.05) is 45.0 Å². The number of rotatable bonds is 24. The van der Waals surface area contributed by atoms with E-state index in [1.807, 2.05) is 63.9 Å². The number of benzene rings is 2. The molecule has 4 amide bonds. The molecule has 1 aliphatic heterocycles. The zero-order chi connectivity index (χ0) is 52.1. The molecule has 3 aromatic heterocycles. The van der Waals surface area contributed by atoms with Crippen LogP contribution in [-0.2, 0) is 41.7 Å². The monoisotopic (exact) mass is 1010 g/mol. The van der Waals surface area contributed by atoms with E-state index in [1.165, 1.54) is 4.90 Å². The Hall–Kier alpha value is -6.96. The number of ether oxygens (including phenoxy) is 2. The van der Waals surface area contributed by atoms with Crippen LogP contribution in [0.1, 0.15) is 67.3 Å². The molecule has 1 aliphatic rings. The predicted molar refractivity (Wildman–Crippen MR) is 268 cm³/mol. The molecule has 5 atom stereocenters. The van der Waals surface area contributed by atoms with Gasteiger partial charge in [0.05, 0.1) is 73.1 Å².